The molecule has 0 unspecified atom stereocenters. The quantitative estimate of drug-likeness (QED) is 0.612. The van der Waals surface area contributed by atoms with Crippen LogP contribution in [-0.4, -0.2) is 23.1 Å². The van der Waals surface area contributed by atoms with E-state index < -0.39 is 4.92 Å². The molecule has 7 nitrogen and oxygen atoms in total. The van der Waals surface area contributed by atoms with Gasteiger partial charge in [0, 0.05) is 18.7 Å². The van der Waals surface area contributed by atoms with Crippen LogP contribution in [0.3, 0.4) is 0 Å². The summed E-state index contributed by atoms with van der Waals surface area (Å²) in [5.74, 6) is -0.231. The Morgan fingerprint density at radius 3 is 2.88 bits per heavy atom. The molecule has 0 fully saturated rings. The number of non-ortho nitro benzene ring substituents is 1. The molecule has 1 aliphatic rings. The summed E-state index contributed by atoms with van der Waals surface area (Å²) in [6.07, 6.45) is 0.166. The fraction of sp³-hybridized carbons (Fsp3) is 0.200. The highest BCUT2D eigenvalue weighted by Gasteiger charge is 2.25. The highest BCUT2D eigenvalue weighted by Crippen LogP contribution is 2.24. The maximum atomic E-state index is 11.6. The Balaban J connectivity index is 2.34. The number of benzene rings is 1. The highest BCUT2D eigenvalue weighted by molar-refractivity contribution is 6.13. The summed E-state index contributed by atoms with van der Waals surface area (Å²) in [6, 6.07) is 5.77. The van der Waals surface area contributed by atoms with Gasteiger partial charge < -0.3 is 5.73 Å². The van der Waals surface area contributed by atoms with Crippen LogP contribution in [0, 0.1) is 10.1 Å². The SMILES string of the molecule is NCC1=NN(c2cccc([N+](=O)[O-])c2)C(=O)C1. The summed E-state index contributed by atoms with van der Waals surface area (Å²) in [5.41, 5.74) is 6.27. The Morgan fingerprint density at radius 2 is 2.29 bits per heavy atom. The van der Waals surface area contributed by atoms with E-state index in [4.69, 9.17) is 5.73 Å². The first kappa shape index (κ1) is 11.2. The number of carbonyl (C=O) groups excluding carboxylic acids is 1. The third kappa shape index (κ3) is 2.13. The summed E-state index contributed by atoms with van der Waals surface area (Å²) in [5, 5.41) is 15.8. The Morgan fingerprint density at radius 1 is 1.53 bits per heavy atom. The van der Waals surface area contributed by atoms with Crippen molar-refractivity contribution in [3.05, 3.63) is 34.4 Å². The molecule has 7 heteroatoms. The third-order valence-electron chi connectivity index (χ3n) is 2.35. The molecule has 1 heterocycles. The average Bonchev–Trinajstić information content (AvgIpc) is 2.71. The van der Waals surface area contributed by atoms with Gasteiger partial charge in [-0.15, -0.1) is 0 Å². The molecule has 2 rings (SSSR count). The van der Waals surface area contributed by atoms with Gasteiger partial charge in [0.1, 0.15) is 0 Å². The maximum absolute atomic E-state index is 11.6. The molecular weight excluding hydrogens is 224 g/mol. The van der Waals surface area contributed by atoms with Gasteiger partial charge in [-0.25, -0.2) is 5.01 Å². The lowest BCUT2D eigenvalue weighted by Gasteiger charge is -2.10. The van der Waals surface area contributed by atoms with Crippen LogP contribution in [0.5, 0.6) is 0 Å². The molecule has 0 radical (unpaired) electrons. The van der Waals surface area contributed by atoms with Crippen LogP contribution in [0.2, 0.25) is 0 Å². The second-order valence-electron chi connectivity index (χ2n) is 3.53. The van der Waals surface area contributed by atoms with Crippen molar-refractivity contribution in [3.8, 4) is 0 Å². The van der Waals surface area contributed by atoms with Crippen molar-refractivity contribution >= 4 is 23.0 Å². The number of amides is 1. The summed E-state index contributed by atoms with van der Waals surface area (Å²) in [6.45, 7) is 0.206. The number of hydrogen-bond donors (Lipinski definition) is 1. The first-order chi connectivity index (χ1) is 8.11. The van der Waals surface area contributed by atoms with Crippen molar-refractivity contribution < 1.29 is 9.72 Å². The Kier molecular flexibility index (Phi) is 2.84. The van der Waals surface area contributed by atoms with Gasteiger partial charge in [-0.1, -0.05) is 6.07 Å². The molecule has 1 aromatic rings. The first-order valence-corrected chi connectivity index (χ1v) is 4.95. The summed E-state index contributed by atoms with van der Waals surface area (Å²) >= 11 is 0. The molecule has 1 aromatic carbocycles. The molecule has 1 aliphatic heterocycles. The lowest BCUT2D eigenvalue weighted by atomic mass is 10.2. The summed E-state index contributed by atoms with van der Waals surface area (Å²) < 4.78 is 0. The van der Waals surface area contributed by atoms with Gasteiger partial charge in [0.15, 0.2) is 0 Å². The smallest absolute Gasteiger partial charge is 0.271 e. The van der Waals surface area contributed by atoms with E-state index in [1.165, 1.54) is 18.2 Å². The van der Waals surface area contributed by atoms with Crippen molar-refractivity contribution in [2.24, 2.45) is 10.8 Å². The van der Waals surface area contributed by atoms with Crippen LogP contribution in [0.25, 0.3) is 0 Å². The first-order valence-electron chi connectivity index (χ1n) is 4.95. The molecule has 0 aliphatic carbocycles. The van der Waals surface area contributed by atoms with Crippen LogP contribution >= 0.6 is 0 Å². The zero-order valence-corrected chi connectivity index (χ0v) is 8.87. The monoisotopic (exact) mass is 234 g/mol. The van der Waals surface area contributed by atoms with Crippen molar-refractivity contribution in [3.63, 3.8) is 0 Å². The van der Waals surface area contributed by atoms with E-state index in [9.17, 15) is 14.9 Å². The van der Waals surface area contributed by atoms with Crippen LogP contribution in [0.4, 0.5) is 11.4 Å². The average molecular weight is 234 g/mol. The fourth-order valence-corrected chi connectivity index (χ4v) is 1.54. The molecule has 0 atom stereocenters. The standard InChI is InChI=1S/C10H10N4O3/c11-6-7-4-10(15)13(12-7)8-2-1-3-9(5-8)14(16)17/h1-3,5H,4,6,11H2. The number of nitro groups is 1. The molecule has 0 spiro atoms. The molecule has 0 saturated heterocycles. The normalized spacial score (nSPS) is 15.0. The van der Waals surface area contributed by atoms with E-state index in [1.54, 1.807) is 6.07 Å². The van der Waals surface area contributed by atoms with Gasteiger partial charge in [0.2, 0.25) is 0 Å². The van der Waals surface area contributed by atoms with Crippen LogP contribution < -0.4 is 10.7 Å². The minimum Gasteiger partial charge on any atom is -0.325 e. The second kappa shape index (κ2) is 4.30. The number of carbonyl (C=O) groups is 1. The van der Waals surface area contributed by atoms with E-state index in [1.807, 2.05) is 0 Å². The zero-order valence-electron chi connectivity index (χ0n) is 8.87. The van der Waals surface area contributed by atoms with Crippen molar-refractivity contribution in [2.75, 3.05) is 11.6 Å². The molecule has 88 valence electrons. The largest absolute Gasteiger partial charge is 0.325 e. The van der Waals surface area contributed by atoms with Crippen molar-refractivity contribution in [2.45, 2.75) is 6.42 Å². The van der Waals surface area contributed by atoms with Crippen LogP contribution in [0.15, 0.2) is 29.4 Å². The topological polar surface area (TPSA) is 102 Å². The maximum Gasteiger partial charge on any atom is 0.271 e. The number of hydrazone groups is 1. The van der Waals surface area contributed by atoms with Crippen LogP contribution in [0.1, 0.15) is 6.42 Å². The Bertz CT molecular complexity index is 512. The lowest BCUT2D eigenvalue weighted by Crippen LogP contribution is -2.19. The number of nitrogens with two attached hydrogens (primary N) is 1. The predicted octanol–water partition coefficient (Wildman–Crippen LogP) is 0.646. The Labute approximate surface area is 96.7 Å². The summed E-state index contributed by atoms with van der Waals surface area (Å²) in [4.78, 5) is 21.7. The number of anilines is 1. The predicted molar refractivity (Wildman–Crippen MR) is 61.7 cm³/mol. The van der Waals surface area contributed by atoms with Crippen molar-refractivity contribution in [1.82, 2.24) is 0 Å². The molecule has 0 saturated carbocycles. The van der Waals surface area contributed by atoms with Crippen LogP contribution in [-0.2, 0) is 4.79 Å². The lowest BCUT2D eigenvalue weighted by molar-refractivity contribution is -0.384. The molecule has 0 aromatic heterocycles. The number of nitrogens with zero attached hydrogens (tertiary/aromatic N) is 3. The number of nitro benzene ring substituents is 1. The Hall–Kier alpha value is -2.28. The molecule has 1 amide bonds. The fourth-order valence-electron chi connectivity index (χ4n) is 1.54. The number of hydrogen-bond acceptors (Lipinski definition) is 5. The van der Waals surface area contributed by atoms with Gasteiger partial charge in [0.25, 0.3) is 11.6 Å². The van der Waals surface area contributed by atoms with E-state index >= 15 is 0 Å². The summed E-state index contributed by atoms with van der Waals surface area (Å²) in [7, 11) is 0. The molecule has 0 bridgehead atoms. The van der Waals surface area contributed by atoms with Crippen molar-refractivity contribution in [1.29, 1.82) is 0 Å². The highest BCUT2D eigenvalue weighted by atomic mass is 16.6. The molecule has 17 heavy (non-hydrogen) atoms. The third-order valence-corrected chi connectivity index (χ3v) is 2.35. The van der Waals surface area contributed by atoms with Gasteiger partial charge in [-0.2, -0.15) is 5.10 Å². The second-order valence-corrected chi connectivity index (χ2v) is 3.53. The zero-order chi connectivity index (χ0) is 12.4. The molecule has 2 N–H and O–H groups in total. The molecular formula is C10H10N4O3. The van der Waals surface area contributed by atoms with Gasteiger partial charge >= 0.3 is 0 Å². The van der Waals surface area contributed by atoms with E-state index in [0.717, 1.165) is 5.01 Å². The van der Waals surface area contributed by atoms with E-state index in [2.05, 4.69) is 5.10 Å². The minimum absolute atomic E-state index is 0.0771. The van der Waals surface area contributed by atoms with Gasteiger partial charge in [0.05, 0.1) is 22.7 Å². The van der Waals surface area contributed by atoms with Gasteiger partial charge in [-0.05, 0) is 6.07 Å². The minimum atomic E-state index is -0.516. The van der Waals surface area contributed by atoms with Gasteiger partial charge in [-0.3, -0.25) is 14.9 Å². The van der Waals surface area contributed by atoms with E-state index in [0.29, 0.717) is 11.4 Å². The van der Waals surface area contributed by atoms with E-state index in [-0.39, 0.29) is 24.6 Å². The number of rotatable bonds is 3.